The lowest BCUT2D eigenvalue weighted by Gasteiger charge is -2.16. The van der Waals surface area contributed by atoms with Crippen molar-refractivity contribution in [3.63, 3.8) is 0 Å². The van der Waals surface area contributed by atoms with Gasteiger partial charge in [-0.1, -0.05) is 12.1 Å². The Kier molecular flexibility index (Phi) is 5.46. The molecule has 0 radical (unpaired) electrons. The molecule has 0 heterocycles. The van der Waals surface area contributed by atoms with E-state index in [0.29, 0.717) is 0 Å². The van der Waals surface area contributed by atoms with Crippen LogP contribution in [0.2, 0.25) is 0 Å². The first-order valence-corrected chi connectivity index (χ1v) is 10.6. The Morgan fingerprint density at radius 1 is 0.783 bits per heavy atom. The van der Waals surface area contributed by atoms with Crippen molar-refractivity contribution < 1.29 is 30.4 Å². The van der Waals surface area contributed by atoms with Gasteiger partial charge in [0.25, 0.3) is 0 Å². The minimum absolute atomic E-state index is 0.0165. The van der Waals surface area contributed by atoms with Gasteiger partial charge in [-0.15, -0.1) is 0 Å². The monoisotopic (exact) mass is 376 g/mol. The topological polar surface area (TPSA) is 104 Å². The van der Waals surface area contributed by atoms with Gasteiger partial charge >= 0.3 is 7.60 Å². The van der Waals surface area contributed by atoms with Crippen molar-refractivity contribution in [3.05, 3.63) is 48.5 Å². The van der Waals surface area contributed by atoms with E-state index in [1.165, 1.54) is 55.2 Å². The van der Waals surface area contributed by atoms with Gasteiger partial charge in [0.2, 0.25) is 0 Å². The molecule has 0 spiro atoms. The normalized spacial score (nSPS) is 11.6. The molecule has 7 nitrogen and oxygen atoms in total. The van der Waals surface area contributed by atoms with Crippen molar-refractivity contribution in [2.45, 2.75) is 9.79 Å². The molecule has 0 N–H and O–H groups in total. The van der Waals surface area contributed by atoms with Crippen LogP contribution in [0, 0.1) is 0 Å². The fraction of sp³-hybridized carbons (Fsp3) is 0.0769. The van der Waals surface area contributed by atoms with Gasteiger partial charge in [-0.05, 0) is 36.4 Å². The Morgan fingerprint density at radius 3 is 1.52 bits per heavy atom. The number of hydrogen-bond donors (Lipinski definition) is 2. The molecule has 0 aromatic heterocycles. The Morgan fingerprint density at radius 2 is 1.17 bits per heavy atom. The maximum Gasteiger partial charge on any atom is 0.427 e. The zero-order valence-corrected chi connectivity index (χ0v) is 14.5. The van der Waals surface area contributed by atoms with Crippen LogP contribution in [0.3, 0.4) is 0 Å². The highest BCUT2D eigenvalue weighted by atomic mass is 32.2. The van der Waals surface area contributed by atoms with E-state index in [2.05, 4.69) is 0 Å². The highest BCUT2D eigenvalue weighted by molar-refractivity contribution is 7.72. The van der Waals surface area contributed by atoms with Crippen LogP contribution >= 0.6 is 7.60 Å². The first-order chi connectivity index (χ1) is 10.8. The van der Waals surface area contributed by atoms with Crippen LogP contribution in [-0.2, 0) is 26.0 Å². The summed E-state index contributed by atoms with van der Waals surface area (Å²) in [7, 11) is -9.21. The summed E-state index contributed by atoms with van der Waals surface area (Å²) in [6.07, 6.45) is 0. The molecule has 10 heteroatoms. The van der Waals surface area contributed by atoms with E-state index in [-0.39, 0.29) is 21.3 Å². The van der Waals surface area contributed by atoms with Crippen LogP contribution in [0.4, 0.5) is 0 Å². The van der Waals surface area contributed by atoms with Gasteiger partial charge in [-0.2, -0.15) is 0 Å². The molecule has 0 aliphatic rings. The van der Waals surface area contributed by atoms with Crippen LogP contribution in [0.1, 0.15) is 0 Å². The van der Waals surface area contributed by atoms with Crippen molar-refractivity contribution in [1.29, 1.82) is 0 Å². The second-order valence-electron chi connectivity index (χ2n) is 4.46. The van der Waals surface area contributed by atoms with Crippen molar-refractivity contribution in [2.24, 2.45) is 0 Å². The SMILES string of the molecule is CP(=O)(Oc1cccc([SH](=O)=O)c1)Oc1cccc([SH](=O)=O)c1. The lowest BCUT2D eigenvalue weighted by molar-refractivity contribution is 0.392. The van der Waals surface area contributed by atoms with E-state index in [4.69, 9.17) is 9.05 Å². The van der Waals surface area contributed by atoms with Gasteiger partial charge < -0.3 is 9.05 Å². The molecule has 0 atom stereocenters. The van der Waals surface area contributed by atoms with Gasteiger partial charge in [-0.25, -0.2) is 21.4 Å². The van der Waals surface area contributed by atoms with Crippen LogP contribution in [0.5, 0.6) is 11.5 Å². The molecule has 0 aliphatic heterocycles. The molecule has 23 heavy (non-hydrogen) atoms. The summed E-state index contributed by atoms with van der Waals surface area (Å²) in [6, 6.07) is 10.9. The summed E-state index contributed by atoms with van der Waals surface area (Å²) in [6.45, 7) is 1.20. The van der Waals surface area contributed by atoms with E-state index in [0.717, 1.165) is 0 Å². The Bertz CT molecular complexity index is 831. The number of benzene rings is 2. The minimum Gasteiger partial charge on any atom is -0.416 e. The summed E-state index contributed by atoms with van der Waals surface area (Å²) in [4.78, 5) is 0.0331. The molecular weight excluding hydrogens is 363 g/mol. The van der Waals surface area contributed by atoms with E-state index in [1.807, 2.05) is 0 Å². The molecule has 2 aromatic rings. The number of thiol groups is 2. The average Bonchev–Trinajstić information content (AvgIpc) is 2.46. The van der Waals surface area contributed by atoms with Gasteiger partial charge in [0, 0.05) is 0 Å². The van der Waals surface area contributed by atoms with E-state index in [1.54, 1.807) is 0 Å². The molecule has 0 amide bonds. The predicted octanol–water partition coefficient (Wildman–Crippen LogP) is 1.91. The van der Waals surface area contributed by atoms with Gasteiger partial charge in [-0.3, -0.25) is 0 Å². The van der Waals surface area contributed by atoms with Crippen molar-refractivity contribution >= 4 is 29.0 Å². The maximum absolute atomic E-state index is 12.4. The average molecular weight is 376 g/mol. The van der Waals surface area contributed by atoms with Gasteiger partial charge in [0.15, 0.2) is 21.4 Å². The molecule has 0 bridgehead atoms. The number of rotatable bonds is 6. The Balaban J connectivity index is 2.21. The molecule has 0 aliphatic carbocycles. The molecule has 2 rings (SSSR count). The highest BCUT2D eigenvalue weighted by Gasteiger charge is 2.21. The Labute approximate surface area is 136 Å². The summed E-state index contributed by atoms with van der Waals surface area (Å²) >= 11 is 0. The predicted molar refractivity (Wildman–Crippen MR) is 84.8 cm³/mol. The first-order valence-electron chi connectivity index (χ1n) is 6.22. The summed E-state index contributed by atoms with van der Waals surface area (Å²) in [5.41, 5.74) is 0. The smallest absolute Gasteiger partial charge is 0.416 e. The van der Waals surface area contributed by atoms with Gasteiger partial charge in [0.1, 0.15) is 11.5 Å². The molecular formula is C13H13O7PS2. The third-order valence-electron chi connectivity index (χ3n) is 2.60. The molecule has 0 unspecified atom stereocenters. The Hall–Kier alpha value is -1.83. The van der Waals surface area contributed by atoms with Crippen molar-refractivity contribution in [1.82, 2.24) is 0 Å². The first kappa shape index (κ1) is 17.5. The zero-order valence-electron chi connectivity index (χ0n) is 11.8. The van der Waals surface area contributed by atoms with E-state index in [9.17, 15) is 21.4 Å². The second kappa shape index (κ2) is 7.16. The quantitative estimate of drug-likeness (QED) is 0.586. The van der Waals surface area contributed by atoms with Crippen LogP contribution < -0.4 is 9.05 Å². The summed E-state index contributed by atoms with van der Waals surface area (Å²) in [5, 5.41) is 0. The summed E-state index contributed by atoms with van der Waals surface area (Å²) < 4.78 is 66.5. The van der Waals surface area contributed by atoms with Crippen molar-refractivity contribution in [3.8, 4) is 11.5 Å². The lowest BCUT2D eigenvalue weighted by Crippen LogP contribution is -2.00. The molecule has 0 fully saturated rings. The minimum atomic E-state index is -3.63. The highest BCUT2D eigenvalue weighted by Crippen LogP contribution is 2.45. The second-order valence-corrected chi connectivity index (χ2v) is 8.43. The maximum atomic E-state index is 12.4. The molecule has 0 saturated carbocycles. The number of hydrogen-bond acceptors (Lipinski definition) is 7. The summed E-state index contributed by atoms with van der Waals surface area (Å²) in [5.74, 6) is 0.136. The van der Waals surface area contributed by atoms with Crippen molar-refractivity contribution in [2.75, 3.05) is 6.66 Å². The van der Waals surface area contributed by atoms with E-state index >= 15 is 0 Å². The third-order valence-corrected chi connectivity index (χ3v) is 5.08. The van der Waals surface area contributed by atoms with Crippen LogP contribution in [0.15, 0.2) is 58.3 Å². The fourth-order valence-corrected chi connectivity index (χ4v) is 3.62. The zero-order chi connectivity index (χ0) is 17.0. The molecule has 2 aromatic carbocycles. The lowest BCUT2D eigenvalue weighted by atomic mass is 10.3. The van der Waals surface area contributed by atoms with E-state index < -0.39 is 29.0 Å². The van der Waals surface area contributed by atoms with Gasteiger partial charge in [0.05, 0.1) is 16.5 Å². The molecule has 124 valence electrons. The van der Waals surface area contributed by atoms with Crippen LogP contribution in [-0.4, -0.2) is 23.5 Å². The third kappa shape index (κ3) is 5.09. The van der Waals surface area contributed by atoms with Crippen LogP contribution in [0.25, 0.3) is 0 Å². The molecule has 0 saturated heterocycles. The standard InChI is InChI=1S/C13H13O7PS2/c1-21(14,19-10-4-2-6-12(8-10)22(15)16)20-11-5-3-7-13(9-11)23(17)18/h2-9,22-23H,1H3. The largest absolute Gasteiger partial charge is 0.427 e. The fourth-order valence-electron chi connectivity index (χ4n) is 1.71.